The SMILES string of the molecule is C/C=C(/CC)c1cc(C(=O)NC(Cc2cc(F)cc(F)c2)C(O)CNC2CCCCC2)cc(N(C)S(=O)CCC)c1C.CP. The fraction of sp³-hybridized carbons (Fsp3) is 0.559. The van der Waals surface area contributed by atoms with Gasteiger partial charge in [0.2, 0.25) is 0 Å². The van der Waals surface area contributed by atoms with Crippen LogP contribution in [0.2, 0.25) is 0 Å². The summed E-state index contributed by atoms with van der Waals surface area (Å²) in [6.07, 6.45) is 8.13. The van der Waals surface area contributed by atoms with Gasteiger partial charge >= 0.3 is 0 Å². The minimum atomic E-state index is -1.26. The highest BCUT2D eigenvalue weighted by atomic mass is 32.2. The van der Waals surface area contributed by atoms with Crippen LogP contribution in [0.3, 0.4) is 0 Å². The van der Waals surface area contributed by atoms with E-state index in [0.29, 0.717) is 28.6 Å². The molecule has 1 aliphatic rings. The molecule has 0 bridgehead atoms. The molecule has 0 radical (unpaired) electrons. The molecule has 0 saturated heterocycles. The fourth-order valence-electron chi connectivity index (χ4n) is 5.72. The molecule has 3 N–H and O–H groups in total. The molecule has 246 valence electrons. The van der Waals surface area contributed by atoms with Gasteiger partial charge in [-0.15, -0.1) is 9.24 Å². The Balaban J connectivity index is 0.00000330. The first-order valence-corrected chi connectivity index (χ1v) is 18.2. The summed E-state index contributed by atoms with van der Waals surface area (Å²) in [5, 5.41) is 17.6. The van der Waals surface area contributed by atoms with Crippen LogP contribution in [0.15, 0.2) is 36.4 Å². The highest BCUT2D eigenvalue weighted by molar-refractivity contribution is 7.86. The molecule has 0 aromatic heterocycles. The maximum Gasteiger partial charge on any atom is 0.251 e. The molecule has 10 heteroatoms. The zero-order valence-corrected chi connectivity index (χ0v) is 29.2. The average molecular weight is 652 g/mol. The Morgan fingerprint density at radius 2 is 1.75 bits per heavy atom. The minimum Gasteiger partial charge on any atom is -0.390 e. The van der Waals surface area contributed by atoms with Crippen molar-refractivity contribution in [3.05, 3.63) is 70.3 Å². The van der Waals surface area contributed by atoms with E-state index in [2.05, 4.69) is 19.9 Å². The summed E-state index contributed by atoms with van der Waals surface area (Å²) < 4.78 is 42.7. The molecular weight excluding hydrogens is 599 g/mol. The summed E-state index contributed by atoms with van der Waals surface area (Å²) >= 11 is 0. The summed E-state index contributed by atoms with van der Waals surface area (Å²) in [7, 11) is 2.92. The number of anilines is 1. The number of aliphatic hydroxyl groups excluding tert-OH is 1. The summed E-state index contributed by atoms with van der Waals surface area (Å²) in [4.78, 5) is 13.8. The first-order valence-electron chi connectivity index (χ1n) is 15.7. The van der Waals surface area contributed by atoms with E-state index in [1.807, 2.05) is 46.5 Å². The van der Waals surface area contributed by atoms with Gasteiger partial charge in [-0.25, -0.2) is 13.0 Å². The van der Waals surface area contributed by atoms with Crippen LogP contribution in [0, 0.1) is 18.6 Å². The first-order chi connectivity index (χ1) is 21.1. The first kappa shape index (κ1) is 38.0. The Labute approximate surface area is 268 Å². The van der Waals surface area contributed by atoms with E-state index in [9.17, 15) is 22.9 Å². The summed E-state index contributed by atoms with van der Waals surface area (Å²) in [6.45, 7) is 10.1. The van der Waals surface area contributed by atoms with Gasteiger partial charge in [0.1, 0.15) is 22.6 Å². The van der Waals surface area contributed by atoms with Crippen molar-refractivity contribution in [2.45, 2.75) is 97.2 Å². The van der Waals surface area contributed by atoms with E-state index in [0.717, 1.165) is 61.3 Å². The zero-order valence-electron chi connectivity index (χ0n) is 27.2. The van der Waals surface area contributed by atoms with Gasteiger partial charge in [0.25, 0.3) is 5.91 Å². The van der Waals surface area contributed by atoms with Crippen molar-refractivity contribution in [1.29, 1.82) is 0 Å². The second-order valence-corrected chi connectivity index (χ2v) is 12.8. The quantitative estimate of drug-likeness (QED) is 0.198. The van der Waals surface area contributed by atoms with Crippen LogP contribution in [0.4, 0.5) is 14.5 Å². The van der Waals surface area contributed by atoms with E-state index < -0.39 is 40.7 Å². The number of aliphatic hydroxyl groups is 1. The van der Waals surface area contributed by atoms with Gasteiger partial charge in [0, 0.05) is 37.0 Å². The lowest BCUT2D eigenvalue weighted by Crippen LogP contribution is -2.50. The molecule has 0 aliphatic heterocycles. The summed E-state index contributed by atoms with van der Waals surface area (Å²) in [5.41, 5.74) is 4.28. The number of carbonyl (C=O) groups is 1. The number of benzene rings is 2. The van der Waals surface area contributed by atoms with E-state index in [4.69, 9.17) is 0 Å². The van der Waals surface area contributed by atoms with Crippen molar-refractivity contribution in [3.63, 3.8) is 0 Å². The second-order valence-electron chi connectivity index (χ2n) is 11.2. The highest BCUT2D eigenvalue weighted by Crippen LogP contribution is 2.32. The number of nitrogens with one attached hydrogen (secondary N) is 2. The third-order valence-corrected chi connectivity index (χ3v) is 9.69. The van der Waals surface area contributed by atoms with Gasteiger partial charge in [-0.2, -0.15) is 0 Å². The molecule has 1 amide bonds. The molecular formula is C34H52F2N3O3PS. The molecule has 2 aromatic rings. The summed E-state index contributed by atoms with van der Waals surface area (Å²) in [5.74, 6) is -1.34. The number of carbonyl (C=O) groups excluding carboxylic acids is 1. The van der Waals surface area contributed by atoms with Gasteiger partial charge in [0.15, 0.2) is 0 Å². The Kier molecular flexibility index (Phi) is 16.7. The van der Waals surface area contributed by atoms with Crippen molar-refractivity contribution in [1.82, 2.24) is 10.6 Å². The van der Waals surface area contributed by atoms with Crippen LogP contribution in [0.25, 0.3) is 5.57 Å². The van der Waals surface area contributed by atoms with E-state index >= 15 is 0 Å². The van der Waals surface area contributed by atoms with Crippen LogP contribution in [0.5, 0.6) is 0 Å². The molecule has 2 aromatic carbocycles. The van der Waals surface area contributed by atoms with Crippen LogP contribution >= 0.6 is 9.24 Å². The lowest BCUT2D eigenvalue weighted by atomic mass is 9.93. The van der Waals surface area contributed by atoms with Crippen molar-refractivity contribution in [3.8, 4) is 0 Å². The number of halogens is 2. The largest absolute Gasteiger partial charge is 0.390 e. The number of amides is 1. The highest BCUT2D eigenvalue weighted by Gasteiger charge is 2.26. The normalized spacial score (nSPS) is 16.0. The molecule has 1 fully saturated rings. The average Bonchev–Trinajstić information content (AvgIpc) is 3.01. The molecule has 4 unspecified atom stereocenters. The molecule has 0 heterocycles. The fourth-order valence-corrected chi connectivity index (χ4v) is 6.75. The number of allylic oxidation sites excluding steroid dienone is 2. The number of hydrogen-bond acceptors (Lipinski definition) is 4. The molecule has 6 nitrogen and oxygen atoms in total. The van der Waals surface area contributed by atoms with E-state index in [1.54, 1.807) is 17.4 Å². The van der Waals surface area contributed by atoms with Gasteiger partial charge in [0.05, 0.1) is 17.8 Å². The van der Waals surface area contributed by atoms with Gasteiger partial charge < -0.3 is 15.7 Å². The van der Waals surface area contributed by atoms with Crippen LogP contribution in [-0.2, 0) is 17.4 Å². The summed E-state index contributed by atoms with van der Waals surface area (Å²) in [6, 6.07) is 6.31. The zero-order chi connectivity index (χ0) is 32.8. The van der Waals surface area contributed by atoms with Crippen molar-refractivity contribution >= 4 is 37.4 Å². The Hall–Kier alpha value is -2.19. The Morgan fingerprint density at radius 3 is 2.32 bits per heavy atom. The number of rotatable bonds is 14. The molecule has 44 heavy (non-hydrogen) atoms. The Morgan fingerprint density at radius 1 is 1.11 bits per heavy atom. The van der Waals surface area contributed by atoms with Crippen LogP contribution < -0.4 is 14.9 Å². The van der Waals surface area contributed by atoms with Crippen molar-refractivity contribution in [2.24, 2.45) is 0 Å². The lowest BCUT2D eigenvalue weighted by Gasteiger charge is -2.29. The van der Waals surface area contributed by atoms with Crippen LogP contribution in [-0.4, -0.2) is 59.4 Å². The smallest absolute Gasteiger partial charge is 0.251 e. The van der Waals surface area contributed by atoms with Gasteiger partial charge in [-0.05, 0) is 92.5 Å². The molecule has 1 aliphatic carbocycles. The van der Waals surface area contributed by atoms with Crippen molar-refractivity contribution in [2.75, 3.05) is 30.3 Å². The molecule has 3 rings (SSSR count). The standard InChI is InChI=1S/C33H47F2N3O3S.CH5P/c1-6-14-42(41)38(5)31-19-25(18-29(22(31)4)24(7-2)8-3)33(40)37-30(17-23-15-26(34)20-27(35)16-23)32(39)21-36-28-12-10-9-11-13-28;1-2/h7,15-16,18-20,28,30,32,36,39H,6,8-14,17,21H2,1-5H3,(H,37,40);2H2,1H3/b24-7-;. The molecule has 0 spiro atoms. The Bertz CT molecular complexity index is 1250. The van der Waals surface area contributed by atoms with Gasteiger partial charge in [-0.3, -0.25) is 9.10 Å². The predicted octanol–water partition coefficient (Wildman–Crippen LogP) is 6.71. The third-order valence-electron chi connectivity index (χ3n) is 8.12. The van der Waals surface area contributed by atoms with E-state index in [-0.39, 0.29) is 13.0 Å². The second kappa shape index (κ2) is 19.4. The lowest BCUT2D eigenvalue weighted by molar-refractivity contribution is 0.0821. The number of nitrogens with zero attached hydrogens (tertiary/aromatic N) is 1. The maximum absolute atomic E-state index is 14.0. The molecule has 1 saturated carbocycles. The van der Waals surface area contributed by atoms with Crippen molar-refractivity contribution < 1.29 is 22.9 Å². The number of hydrogen-bond donors (Lipinski definition) is 3. The maximum atomic E-state index is 14.0. The van der Waals surface area contributed by atoms with Gasteiger partial charge in [-0.1, -0.05) is 45.9 Å². The third kappa shape index (κ3) is 11.0. The monoisotopic (exact) mass is 651 g/mol. The molecule has 4 atom stereocenters. The topological polar surface area (TPSA) is 81.7 Å². The predicted molar refractivity (Wildman–Crippen MR) is 185 cm³/mol. The van der Waals surface area contributed by atoms with Crippen LogP contribution in [0.1, 0.15) is 92.8 Å². The minimum absolute atomic E-state index is 0.0506. The van der Waals surface area contributed by atoms with E-state index in [1.165, 1.54) is 18.6 Å².